The molecule has 1 aromatic rings. The van der Waals surface area contributed by atoms with Crippen LogP contribution in [0.15, 0.2) is 30.0 Å². The van der Waals surface area contributed by atoms with Gasteiger partial charge in [0.25, 0.3) is 5.91 Å². The standard InChI is InChI=1S/C16H23N5O2S/c1-8(2)14(16(19)23)20-10-4-5-11(15(18)22)12(7-10)21-13(24)6-9(3)17/h4-8,14,20H,17H2,1-3H3,(H2,18,22)(H2,19,23)(H,21,24)/t14-/m1/s1. The van der Waals surface area contributed by atoms with Crippen molar-refractivity contribution in [1.29, 1.82) is 0 Å². The van der Waals surface area contributed by atoms with E-state index < -0.39 is 17.9 Å². The molecule has 0 saturated carbocycles. The van der Waals surface area contributed by atoms with Gasteiger partial charge < -0.3 is 27.8 Å². The lowest BCUT2D eigenvalue weighted by molar-refractivity contribution is -0.119. The van der Waals surface area contributed by atoms with Gasteiger partial charge in [-0.3, -0.25) is 9.59 Å². The Kier molecular flexibility index (Phi) is 6.72. The molecule has 7 nitrogen and oxygen atoms in total. The van der Waals surface area contributed by atoms with Gasteiger partial charge in [-0.1, -0.05) is 26.1 Å². The predicted octanol–water partition coefficient (Wildman–Crippen LogP) is 1.31. The van der Waals surface area contributed by atoms with E-state index in [1.54, 1.807) is 31.2 Å². The highest BCUT2D eigenvalue weighted by atomic mass is 32.1. The molecule has 0 bridgehead atoms. The number of carbonyl (C=O) groups excluding carboxylic acids is 2. The number of anilines is 2. The smallest absolute Gasteiger partial charge is 0.250 e. The number of hydrogen-bond acceptors (Lipinski definition) is 5. The molecule has 0 heterocycles. The molecule has 1 rings (SSSR count). The van der Waals surface area contributed by atoms with E-state index in [9.17, 15) is 9.59 Å². The van der Waals surface area contributed by atoms with E-state index in [0.717, 1.165) is 0 Å². The normalized spacial score (nSPS) is 12.6. The van der Waals surface area contributed by atoms with Crippen molar-refractivity contribution < 1.29 is 9.59 Å². The van der Waals surface area contributed by atoms with Gasteiger partial charge in [0.05, 0.1) is 11.3 Å². The Bertz CT molecular complexity index is 681. The van der Waals surface area contributed by atoms with E-state index in [1.807, 2.05) is 13.8 Å². The van der Waals surface area contributed by atoms with Gasteiger partial charge in [-0.15, -0.1) is 0 Å². The lowest BCUT2D eigenvalue weighted by atomic mass is 10.0. The van der Waals surface area contributed by atoms with E-state index in [0.29, 0.717) is 22.1 Å². The first-order valence-electron chi connectivity index (χ1n) is 7.36. The molecule has 0 fully saturated rings. The van der Waals surface area contributed by atoms with Crippen LogP contribution < -0.4 is 27.8 Å². The molecule has 1 atom stereocenters. The minimum atomic E-state index is -0.601. The van der Waals surface area contributed by atoms with Gasteiger partial charge in [0.15, 0.2) is 0 Å². The third-order valence-corrected chi connectivity index (χ3v) is 3.42. The molecular formula is C16H23N5O2S. The summed E-state index contributed by atoms with van der Waals surface area (Å²) in [5.74, 6) is -1.06. The molecule has 0 aliphatic carbocycles. The molecule has 0 radical (unpaired) electrons. The number of benzene rings is 1. The number of thiocarbonyl (C=S) groups is 1. The summed E-state index contributed by atoms with van der Waals surface area (Å²) in [4.78, 5) is 23.4. The zero-order valence-electron chi connectivity index (χ0n) is 13.9. The van der Waals surface area contributed by atoms with Crippen molar-refractivity contribution in [2.24, 2.45) is 23.1 Å². The second-order valence-corrected chi connectivity index (χ2v) is 6.21. The fourth-order valence-corrected chi connectivity index (χ4v) is 2.37. The first-order chi connectivity index (χ1) is 11.1. The summed E-state index contributed by atoms with van der Waals surface area (Å²) in [6.07, 6.45) is 1.56. The number of primary amides is 2. The van der Waals surface area contributed by atoms with Crippen LogP contribution in [-0.4, -0.2) is 22.8 Å². The summed E-state index contributed by atoms with van der Waals surface area (Å²) in [6.45, 7) is 5.45. The largest absolute Gasteiger partial charge is 0.402 e. The van der Waals surface area contributed by atoms with Gasteiger partial charge in [-0.2, -0.15) is 0 Å². The SMILES string of the molecule is CC(N)=CC(=S)Nc1cc(N[C@@H](C(N)=O)C(C)C)ccc1C(N)=O. The lowest BCUT2D eigenvalue weighted by Gasteiger charge is -2.21. The molecule has 24 heavy (non-hydrogen) atoms. The molecular weight excluding hydrogens is 326 g/mol. The highest BCUT2D eigenvalue weighted by Gasteiger charge is 2.20. The van der Waals surface area contributed by atoms with Crippen molar-refractivity contribution >= 4 is 40.4 Å². The van der Waals surface area contributed by atoms with Crippen molar-refractivity contribution in [3.8, 4) is 0 Å². The minimum Gasteiger partial charge on any atom is -0.402 e. The molecule has 8 heteroatoms. The number of hydrogen-bond donors (Lipinski definition) is 5. The first kappa shape index (κ1) is 19.4. The van der Waals surface area contributed by atoms with Gasteiger partial charge >= 0.3 is 0 Å². The molecule has 0 saturated heterocycles. The van der Waals surface area contributed by atoms with Gasteiger partial charge in [-0.25, -0.2) is 0 Å². The lowest BCUT2D eigenvalue weighted by Crippen LogP contribution is -2.39. The Labute approximate surface area is 146 Å². The molecule has 1 aromatic carbocycles. The molecule has 130 valence electrons. The van der Waals surface area contributed by atoms with Crippen LogP contribution in [0.3, 0.4) is 0 Å². The summed E-state index contributed by atoms with van der Waals surface area (Å²) in [7, 11) is 0. The number of amides is 2. The van der Waals surface area contributed by atoms with Crippen LogP contribution in [-0.2, 0) is 4.79 Å². The molecule has 0 aliphatic rings. The maximum atomic E-state index is 11.6. The second-order valence-electron chi connectivity index (χ2n) is 5.77. The third kappa shape index (κ3) is 5.54. The maximum Gasteiger partial charge on any atom is 0.250 e. The average molecular weight is 349 g/mol. The highest BCUT2D eigenvalue weighted by Crippen LogP contribution is 2.23. The summed E-state index contributed by atoms with van der Waals surface area (Å²) < 4.78 is 0. The second kappa shape index (κ2) is 8.30. The summed E-state index contributed by atoms with van der Waals surface area (Å²) in [6, 6.07) is 4.30. The highest BCUT2D eigenvalue weighted by molar-refractivity contribution is 7.81. The van der Waals surface area contributed by atoms with Crippen molar-refractivity contribution in [1.82, 2.24) is 0 Å². The van der Waals surface area contributed by atoms with Crippen LogP contribution in [0.25, 0.3) is 0 Å². The van der Waals surface area contributed by atoms with Gasteiger partial charge in [0.2, 0.25) is 5.91 Å². The quantitative estimate of drug-likeness (QED) is 0.372. The van der Waals surface area contributed by atoms with E-state index in [2.05, 4.69) is 10.6 Å². The van der Waals surface area contributed by atoms with Gasteiger partial charge in [-0.05, 0) is 37.1 Å². The maximum absolute atomic E-state index is 11.6. The number of carbonyl (C=O) groups is 2. The Balaban J connectivity index is 3.16. The minimum absolute atomic E-state index is 0.00127. The number of rotatable bonds is 7. The third-order valence-electron chi connectivity index (χ3n) is 3.20. The predicted molar refractivity (Wildman–Crippen MR) is 101 cm³/mol. The zero-order chi connectivity index (χ0) is 18.4. The molecule has 8 N–H and O–H groups in total. The Morgan fingerprint density at radius 1 is 1.21 bits per heavy atom. The van der Waals surface area contributed by atoms with E-state index >= 15 is 0 Å². The molecule has 0 spiro atoms. The fourth-order valence-electron chi connectivity index (χ4n) is 2.07. The van der Waals surface area contributed by atoms with E-state index in [4.69, 9.17) is 29.4 Å². The van der Waals surface area contributed by atoms with Crippen molar-refractivity contribution in [3.05, 3.63) is 35.5 Å². The van der Waals surface area contributed by atoms with Crippen molar-refractivity contribution in [2.45, 2.75) is 26.8 Å². The number of nitrogens with one attached hydrogen (secondary N) is 2. The summed E-state index contributed by atoms with van der Waals surface area (Å²) >= 11 is 5.16. The Morgan fingerprint density at radius 3 is 2.29 bits per heavy atom. The topological polar surface area (TPSA) is 136 Å². The molecule has 0 unspecified atom stereocenters. The van der Waals surface area contributed by atoms with Crippen LogP contribution in [0.2, 0.25) is 0 Å². The average Bonchev–Trinajstić information content (AvgIpc) is 2.42. The monoisotopic (exact) mass is 349 g/mol. The van der Waals surface area contributed by atoms with Gasteiger partial charge in [0.1, 0.15) is 11.0 Å². The summed E-state index contributed by atoms with van der Waals surface area (Å²) in [5.41, 5.74) is 18.2. The molecule has 2 amide bonds. The fraction of sp³-hybridized carbons (Fsp3) is 0.312. The number of allylic oxidation sites excluding steroid dienone is 1. The van der Waals surface area contributed by atoms with Crippen molar-refractivity contribution in [2.75, 3.05) is 10.6 Å². The van der Waals surface area contributed by atoms with Crippen LogP contribution in [0.4, 0.5) is 11.4 Å². The van der Waals surface area contributed by atoms with Crippen LogP contribution in [0.5, 0.6) is 0 Å². The Morgan fingerprint density at radius 2 is 1.83 bits per heavy atom. The van der Waals surface area contributed by atoms with E-state index in [-0.39, 0.29) is 11.5 Å². The van der Waals surface area contributed by atoms with Gasteiger partial charge in [0, 0.05) is 11.4 Å². The summed E-state index contributed by atoms with van der Waals surface area (Å²) in [5, 5.41) is 5.96. The molecule has 0 aromatic heterocycles. The van der Waals surface area contributed by atoms with Crippen LogP contribution in [0.1, 0.15) is 31.1 Å². The Hall–Kier alpha value is -2.61. The molecule has 0 aliphatic heterocycles. The van der Waals surface area contributed by atoms with E-state index in [1.165, 1.54) is 0 Å². The van der Waals surface area contributed by atoms with Crippen LogP contribution in [0, 0.1) is 5.92 Å². The first-order valence-corrected chi connectivity index (χ1v) is 7.77. The van der Waals surface area contributed by atoms with Crippen molar-refractivity contribution in [3.63, 3.8) is 0 Å². The van der Waals surface area contributed by atoms with Crippen LogP contribution >= 0.6 is 12.2 Å². The number of nitrogens with two attached hydrogens (primary N) is 3. The zero-order valence-corrected chi connectivity index (χ0v) is 14.7.